The molecular formula is C7H4O2. The van der Waals surface area contributed by atoms with Gasteiger partial charge in [-0.3, -0.25) is 4.79 Å². The van der Waals surface area contributed by atoms with E-state index < -0.39 is 0 Å². The molecule has 0 saturated carbocycles. The van der Waals surface area contributed by atoms with E-state index in [1.807, 2.05) is 0 Å². The van der Waals surface area contributed by atoms with Crippen molar-refractivity contribution in [2.45, 2.75) is 0 Å². The van der Waals surface area contributed by atoms with Crippen LogP contribution in [0, 0.1) is 0 Å². The molecule has 0 N–H and O–H groups in total. The summed E-state index contributed by atoms with van der Waals surface area (Å²) in [5, 5.41) is 0. The molecule has 0 amide bonds. The van der Waals surface area contributed by atoms with Crippen LogP contribution in [-0.2, 0) is 0 Å². The van der Waals surface area contributed by atoms with Crippen LogP contribution in [0.25, 0.3) is 11.2 Å². The molecule has 0 aliphatic rings. The molecule has 0 unspecified atom stereocenters. The van der Waals surface area contributed by atoms with Crippen LogP contribution in [0.15, 0.2) is 33.5 Å². The molecule has 44 valence electrons. The Morgan fingerprint density at radius 2 is 1.89 bits per heavy atom. The third-order valence-electron chi connectivity index (χ3n) is 1.27. The molecule has 2 nitrogen and oxygen atoms in total. The molecule has 0 aromatic carbocycles. The lowest BCUT2D eigenvalue weighted by Gasteiger charge is -1.79. The van der Waals surface area contributed by atoms with Gasteiger partial charge >= 0.3 is 0 Å². The molecule has 0 atom stereocenters. The van der Waals surface area contributed by atoms with Crippen LogP contribution in [0.4, 0.5) is 0 Å². The smallest absolute Gasteiger partial charge is 0.221 e. The fraction of sp³-hybridized carbons (Fsp3) is 0. The summed E-state index contributed by atoms with van der Waals surface area (Å²) in [6.45, 7) is 0. The Morgan fingerprint density at radius 3 is 2.67 bits per heavy atom. The van der Waals surface area contributed by atoms with Crippen LogP contribution >= 0.6 is 0 Å². The van der Waals surface area contributed by atoms with Crippen molar-refractivity contribution in [1.82, 2.24) is 0 Å². The topological polar surface area (TPSA) is 30.2 Å². The van der Waals surface area contributed by atoms with Gasteiger partial charge in [-0.2, -0.15) is 0 Å². The Morgan fingerprint density at radius 1 is 1.11 bits per heavy atom. The normalized spacial score (nSPS) is 10.7. The molecule has 0 spiro atoms. The van der Waals surface area contributed by atoms with Crippen molar-refractivity contribution in [2.75, 3.05) is 0 Å². The fourth-order valence-electron chi connectivity index (χ4n) is 0.815. The summed E-state index contributed by atoms with van der Waals surface area (Å²) in [5.41, 5.74) is 1.14. The lowest BCUT2D eigenvalue weighted by Crippen LogP contribution is -1.92. The standard InChI is InChI=1S/C7H4O2/c8-6-3-1-5-2-4-7(6)9-5/h1-4H. The second-order valence-corrected chi connectivity index (χ2v) is 1.90. The maximum atomic E-state index is 10.7. The summed E-state index contributed by atoms with van der Waals surface area (Å²) >= 11 is 0. The monoisotopic (exact) mass is 120 g/mol. The number of hydrogen-bond acceptors (Lipinski definition) is 2. The van der Waals surface area contributed by atoms with Gasteiger partial charge in [0.15, 0.2) is 5.58 Å². The number of furan rings is 1. The van der Waals surface area contributed by atoms with Gasteiger partial charge in [0.05, 0.1) is 0 Å². The molecule has 2 heteroatoms. The van der Waals surface area contributed by atoms with E-state index in [-0.39, 0.29) is 5.43 Å². The highest BCUT2D eigenvalue weighted by Crippen LogP contribution is 2.06. The molecule has 2 heterocycles. The van der Waals surface area contributed by atoms with Gasteiger partial charge in [0, 0.05) is 0 Å². The van der Waals surface area contributed by atoms with Gasteiger partial charge in [0.2, 0.25) is 5.43 Å². The van der Waals surface area contributed by atoms with Gasteiger partial charge in [-0.1, -0.05) is 0 Å². The molecule has 0 aliphatic carbocycles. The van der Waals surface area contributed by atoms with Crippen LogP contribution in [0.2, 0.25) is 0 Å². The Bertz CT molecular complexity index is 361. The van der Waals surface area contributed by atoms with Crippen molar-refractivity contribution >= 4 is 11.2 Å². The summed E-state index contributed by atoms with van der Waals surface area (Å²) in [7, 11) is 0. The molecule has 2 bridgehead atoms. The van der Waals surface area contributed by atoms with Crippen LogP contribution < -0.4 is 5.43 Å². The third-order valence-corrected chi connectivity index (χ3v) is 1.27. The predicted molar refractivity (Wildman–Crippen MR) is 33.7 cm³/mol. The van der Waals surface area contributed by atoms with Crippen molar-refractivity contribution in [1.29, 1.82) is 0 Å². The van der Waals surface area contributed by atoms with Gasteiger partial charge < -0.3 is 4.42 Å². The first-order valence-electron chi connectivity index (χ1n) is 2.68. The minimum Gasteiger partial charge on any atom is -0.453 e. The van der Waals surface area contributed by atoms with E-state index in [1.165, 1.54) is 6.07 Å². The Hall–Kier alpha value is -1.31. The quantitative estimate of drug-likeness (QED) is 0.523. The first kappa shape index (κ1) is 4.56. The van der Waals surface area contributed by atoms with E-state index in [9.17, 15) is 4.79 Å². The van der Waals surface area contributed by atoms with E-state index in [0.717, 1.165) is 5.58 Å². The average Bonchev–Trinajstić information content (AvgIpc) is 2.25. The molecule has 0 radical (unpaired) electrons. The van der Waals surface area contributed by atoms with Gasteiger partial charge in [-0.05, 0) is 24.3 Å². The van der Waals surface area contributed by atoms with Crippen LogP contribution in [0.3, 0.4) is 0 Å². The average molecular weight is 120 g/mol. The van der Waals surface area contributed by atoms with Crippen molar-refractivity contribution in [3.63, 3.8) is 0 Å². The first-order valence-corrected chi connectivity index (χ1v) is 2.68. The molecular weight excluding hydrogens is 116 g/mol. The molecule has 9 heavy (non-hydrogen) atoms. The summed E-state index contributed by atoms with van der Waals surface area (Å²) in [5.74, 6) is 0. The van der Waals surface area contributed by atoms with Crippen molar-refractivity contribution < 1.29 is 4.42 Å². The third kappa shape index (κ3) is 0.528. The highest BCUT2D eigenvalue weighted by atomic mass is 16.3. The first-order chi connectivity index (χ1) is 4.36. The second-order valence-electron chi connectivity index (χ2n) is 1.90. The van der Waals surface area contributed by atoms with Gasteiger partial charge in [0.25, 0.3) is 0 Å². The van der Waals surface area contributed by atoms with Gasteiger partial charge in [0.1, 0.15) is 5.58 Å². The maximum Gasteiger partial charge on any atom is 0.221 e. The Labute approximate surface area is 51.1 Å². The highest BCUT2D eigenvalue weighted by molar-refractivity contribution is 5.55. The molecule has 0 aliphatic heterocycles. The lowest BCUT2D eigenvalue weighted by molar-refractivity contribution is 0.658. The zero-order valence-electron chi connectivity index (χ0n) is 4.63. The highest BCUT2D eigenvalue weighted by Gasteiger charge is 1.95. The summed E-state index contributed by atoms with van der Waals surface area (Å²) in [6, 6.07) is 6.62. The van der Waals surface area contributed by atoms with Crippen LogP contribution in [-0.4, -0.2) is 0 Å². The fourth-order valence-corrected chi connectivity index (χ4v) is 0.815. The second kappa shape index (κ2) is 1.35. The van der Waals surface area contributed by atoms with Crippen LogP contribution in [0.5, 0.6) is 0 Å². The van der Waals surface area contributed by atoms with Crippen molar-refractivity contribution in [2.24, 2.45) is 0 Å². The predicted octanol–water partition coefficient (Wildman–Crippen LogP) is 1.23. The molecule has 2 rings (SSSR count). The summed E-state index contributed by atoms with van der Waals surface area (Å²) in [6.07, 6.45) is 0. The molecule has 0 saturated heterocycles. The van der Waals surface area contributed by atoms with E-state index in [1.54, 1.807) is 18.2 Å². The molecule has 2 aromatic rings. The summed E-state index contributed by atoms with van der Waals surface area (Å²) < 4.78 is 5.00. The zero-order valence-corrected chi connectivity index (χ0v) is 4.63. The molecule has 0 fully saturated rings. The Kier molecular flexibility index (Phi) is 0.681. The van der Waals surface area contributed by atoms with E-state index >= 15 is 0 Å². The van der Waals surface area contributed by atoms with Crippen molar-refractivity contribution in [3.8, 4) is 0 Å². The maximum absolute atomic E-state index is 10.7. The Balaban J connectivity index is 3.14. The minimum absolute atomic E-state index is 0.0486. The number of fused-ring (bicyclic) bond motifs is 2. The lowest BCUT2D eigenvalue weighted by atomic mass is 10.5. The van der Waals surface area contributed by atoms with E-state index in [0.29, 0.717) is 5.58 Å². The SMILES string of the molecule is O=c1ccc2ccc1o2. The summed E-state index contributed by atoms with van der Waals surface area (Å²) in [4.78, 5) is 10.7. The van der Waals surface area contributed by atoms with E-state index in [2.05, 4.69) is 0 Å². The van der Waals surface area contributed by atoms with Gasteiger partial charge in [-0.15, -0.1) is 0 Å². The van der Waals surface area contributed by atoms with Crippen molar-refractivity contribution in [3.05, 3.63) is 34.5 Å². The number of hydrogen-bond donors (Lipinski definition) is 0. The molecule has 2 aromatic heterocycles. The zero-order chi connectivity index (χ0) is 6.27. The largest absolute Gasteiger partial charge is 0.453 e. The van der Waals surface area contributed by atoms with Crippen LogP contribution in [0.1, 0.15) is 0 Å². The van der Waals surface area contributed by atoms with Gasteiger partial charge in [-0.25, -0.2) is 0 Å². The number of rotatable bonds is 0. The minimum atomic E-state index is -0.0486. The van der Waals surface area contributed by atoms with E-state index in [4.69, 9.17) is 4.42 Å².